The zero-order chi connectivity index (χ0) is 14.3. The molecule has 0 atom stereocenters. The lowest BCUT2D eigenvalue weighted by Crippen LogP contribution is -1.98. The van der Waals surface area contributed by atoms with Crippen LogP contribution >= 0.6 is 0 Å². The summed E-state index contributed by atoms with van der Waals surface area (Å²) in [6.45, 7) is 15.2. The minimum absolute atomic E-state index is 0.197. The minimum atomic E-state index is -0.197. The standard InChI is InChI=1S/C16H24FN/c1-8-15(12(4)9-10-13(5)17)14(6)16(18-7)11(2)3/h8-11H,7H2,1-6H3. The van der Waals surface area contributed by atoms with Crippen LogP contribution in [0.1, 0.15) is 41.5 Å². The molecular weight excluding hydrogens is 225 g/mol. The SMILES string of the molecule is C=NC(=C(C)C(=CC)C(C)=CC=C(C)F)C(C)C. The van der Waals surface area contributed by atoms with Crippen molar-refractivity contribution in [1.29, 1.82) is 0 Å². The zero-order valence-corrected chi connectivity index (χ0v) is 12.3. The summed E-state index contributed by atoms with van der Waals surface area (Å²) in [4.78, 5) is 4.11. The fourth-order valence-corrected chi connectivity index (χ4v) is 1.94. The van der Waals surface area contributed by atoms with E-state index in [1.54, 1.807) is 6.08 Å². The molecule has 0 aliphatic carbocycles. The lowest BCUT2D eigenvalue weighted by molar-refractivity contribution is 0.640. The Morgan fingerprint density at radius 3 is 2.06 bits per heavy atom. The fraction of sp³-hybridized carbons (Fsp3) is 0.438. The molecule has 1 nitrogen and oxygen atoms in total. The Bertz CT molecular complexity index is 416. The monoisotopic (exact) mass is 249 g/mol. The summed E-state index contributed by atoms with van der Waals surface area (Å²) in [5.74, 6) is 0.126. The van der Waals surface area contributed by atoms with Gasteiger partial charge in [-0.15, -0.1) is 0 Å². The molecule has 0 bridgehead atoms. The van der Waals surface area contributed by atoms with E-state index in [0.29, 0.717) is 5.92 Å². The van der Waals surface area contributed by atoms with Crippen molar-refractivity contribution in [2.45, 2.75) is 41.5 Å². The van der Waals surface area contributed by atoms with Gasteiger partial charge in [0.2, 0.25) is 0 Å². The first-order valence-corrected chi connectivity index (χ1v) is 6.20. The largest absolute Gasteiger partial charge is 0.269 e. The van der Waals surface area contributed by atoms with Crippen molar-refractivity contribution in [3.8, 4) is 0 Å². The van der Waals surface area contributed by atoms with Crippen molar-refractivity contribution in [2.75, 3.05) is 0 Å². The maximum absolute atomic E-state index is 12.7. The number of allylic oxidation sites excluding steroid dienone is 8. The number of rotatable bonds is 5. The first-order valence-electron chi connectivity index (χ1n) is 6.20. The molecule has 0 aromatic heterocycles. The molecule has 0 rings (SSSR count). The molecule has 0 aromatic carbocycles. The summed E-state index contributed by atoms with van der Waals surface area (Å²) < 4.78 is 12.7. The summed E-state index contributed by atoms with van der Waals surface area (Å²) in [5.41, 5.74) is 4.19. The molecule has 0 amide bonds. The van der Waals surface area contributed by atoms with Crippen molar-refractivity contribution in [3.05, 3.63) is 46.5 Å². The second kappa shape index (κ2) is 7.80. The first kappa shape index (κ1) is 16.6. The molecule has 100 valence electrons. The van der Waals surface area contributed by atoms with Gasteiger partial charge in [-0.05, 0) is 63.1 Å². The van der Waals surface area contributed by atoms with E-state index in [1.807, 2.05) is 26.8 Å². The zero-order valence-electron chi connectivity index (χ0n) is 12.3. The molecule has 0 radical (unpaired) electrons. The van der Waals surface area contributed by atoms with Gasteiger partial charge in [0.15, 0.2) is 0 Å². The second-order valence-electron chi connectivity index (χ2n) is 4.63. The van der Waals surface area contributed by atoms with E-state index in [0.717, 1.165) is 22.4 Å². The van der Waals surface area contributed by atoms with Crippen LogP contribution in [0.3, 0.4) is 0 Å². The summed E-state index contributed by atoms with van der Waals surface area (Å²) >= 11 is 0. The molecule has 0 heterocycles. The maximum atomic E-state index is 12.7. The molecular formula is C16H24FN. The molecule has 0 aromatic rings. The lowest BCUT2D eigenvalue weighted by Gasteiger charge is -2.14. The Labute approximate surface area is 111 Å². The molecule has 0 fully saturated rings. The van der Waals surface area contributed by atoms with Gasteiger partial charge in [0.25, 0.3) is 0 Å². The summed E-state index contributed by atoms with van der Waals surface area (Å²) in [5, 5.41) is 0. The van der Waals surface area contributed by atoms with Crippen LogP contribution in [-0.2, 0) is 0 Å². The van der Waals surface area contributed by atoms with Gasteiger partial charge in [0.1, 0.15) is 0 Å². The molecule has 0 spiro atoms. The first-order chi connectivity index (χ1) is 8.34. The fourth-order valence-electron chi connectivity index (χ4n) is 1.94. The maximum Gasteiger partial charge on any atom is 0.0968 e. The summed E-state index contributed by atoms with van der Waals surface area (Å²) in [7, 11) is 0. The van der Waals surface area contributed by atoms with Gasteiger partial charge in [-0.3, -0.25) is 4.99 Å². The highest BCUT2D eigenvalue weighted by atomic mass is 19.1. The summed E-state index contributed by atoms with van der Waals surface area (Å²) in [6.07, 6.45) is 5.29. The van der Waals surface area contributed by atoms with Crippen molar-refractivity contribution < 1.29 is 4.39 Å². The second-order valence-corrected chi connectivity index (χ2v) is 4.63. The predicted molar refractivity (Wildman–Crippen MR) is 79.5 cm³/mol. The number of halogens is 1. The number of aliphatic imine (C=N–C) groups is 1. The van der Waals surface area contributed by atoms with Gasteiger partial charge < -0.3 is 0 Å². The molecule has 0 unspecified atom stereocenters. The van der Waals surface area contributed by atoms with Crippen LogP contribution in [0.5, 0.6) is 0 Å². The van der Waals surface area contributed by atoms with Gasteiger partial charge in [0.05, 0.1) is 5.83 Å². The highest BCUT2D eigenvalue weighted by Crippen LogP contribution is 2.26. The number of hydrogen-bond acceptors (Lipinski definition) is 1. The summed E-state index contributed by atoms with van der Waals surface area (Å²) in [6, 6.07) is 0. The Hall–Kier alpha value is -1.44. The molecule has 0 aliphatic heterocycles. The topological polar surface area (TPSA) is 12.4 Å². The average molecular weight is 249 g/mol. The normalized spacial score (nSPS) is 15.9. The third-order valence-corrected chi connectivity index (χ3v) is 2.78. The highest BCUT2D eigenvalue weighted by molar-refractivity contribution is 5.49. The van der Waals surface area contributed by atoms with Crippen LogP contribution in [0.2, 0.25) is 0 Å². The third-order valence-electron chi connectivity index (χ3n) is 2.78. The quantitative estimate of drug-likeness (QED) is 0.458. The van der Waals surface area contributed by atoms with Gasteiger partial charge >= 0.3 is 0 Å². The van der Waals surface area contributed by atoms with Crippen LogP contribution in [0, 0.1) is 5.92 Å². The van der Waals surface area contributed by atoms with E-state index in [9.17, 15) is 4.39 Å². The molecule has 0 saturated carbocycles. The van der Waals surface area contributed by atoms with Crippen molar-refractivity contribution in [1.82, 2.24) is 0 Å². The smallest absolute Gasteiger partial charge is 0.0968 e. The van der Waals surface area contributed by atoms with Crippen molar-refractivity contribution in [3.63, 3.8) is 0 Å². The van der Waals surface area contributed by atoms with E-state index in [-0.39, 0.29) is 5.83 Å². The van der Waals surface area contributed by atoms with Crippen LogP contribution < -0.4 is 0 Å². The van der Waals surface area contributed by atoms with Crippen LogP contribution in [0.15, 0.2) is 51.5 Å². The van der Waals surface area contributed by atoms with Crippen LogP contribution in [0.4, 0.5) is 4.39 Å². The van der Waals surface area contributed by atoms with Gasteiger partial charge in [-0.25, -0.2) is 4.39 Å². The van der Waals surface area contributed by atoms with E-state index in [2.05, 4.69) is 25.6 Å². The van der Waals surface area contributed by atoms with E-state index >= 15 is 0 Å². The molecule has 0 aliphatic rings. The molecule has 0 saturated heterocycles. The molecule has 2 heteroatoms. The van der Waals surface area contributed by atoms with E-state index < -0.39 is 0 Å². The molecule has 18 heavy (non-hydrogen) atoms. The van der Waals surface area contributed by atoms with Crippen molar-refractivity contribution in [2.24, 2.45) is 10.9 Å². The van der Waals surface area contributed by atoms with Crippen LogP contribution in [0.25, 0.3) is 0 Å². The molecule has 0 N–H and O–H groups in total. The average Bonchev–Trinajstić information content (AvgIpc) is 2.27. The van der Waals surface area contributed by atoms with Gasteiger partial charge in [-0.2, -0.15) is 0 Å². The highest BCUT2D eigenvalue weighted by Gasteiger charge is 2.10. The Morgan fingerprint density at radius 2 is 1.72 bits per heavy atom. The van der Waals surface area contributed by atoms with E-state index in [4.69, 9.17) is 0 Å². The van der Waals surface area contributed by atoms with E-state index in [1.165, 1.54) is 13.0 Å². The van der Waals surface area contributed by atoms with Crippen LogP contribution in [-0.4, -0.2) is 6.72 Å². The third kappa shape index (κ3) is 4.82. The van der Waals surface area contributed by atoms with Gasteiger partial charge in [0, 0.05) is 5.70 Å². The minimum Gasteiger partial charge on any atom is -0.269 e. The Balaban J connectivity index is 5.55. The van der Waals surface area contributed by atoms with Crippen molar-refractivity contribution >= 4 is 6.72 Å². The lowest BCUT2D eigenvalue weighted by atomic mass is 9.94. The Morgan fingerprint density at radius 1 is 1.17 bits per heavy atom. The van der Waals surface area contributed by atoms with Gasteiger partial charge in [-0.1, -0.05) is 26.0 Å². The Kier molecular flexibility index (Phi) is 7.18. The number of hydrogen-bond donors (Lipinski definition) is 0. The number of nitrogens with zero attached hydrogens (tertiary/aromatic N) is 1. The predicted octanol–water partition coefficient (Wildman–Crippen LogP) is 5.38.